The highest BCUT2D eigenvalue weighted by Crippen LogP contribution is 2.39. The first kappa shape index (κ1) is 10.1. The van der Waals surface area contributed by atoms with Gasteiger partial charge in [-0.1, -0.05) is 11.6 Å². The average Bonchev–Trinajstić information content (AvgIpc) is 2.99. The molecule has 16 heavy (non-hydrogen) atoms. The molecule has 84 valence electrons. The highest BCUT2D eigenvalue weighted by atomic mass is 35.5. The second-order valence-corrected chi connectivity index (χ2v) is 4.93. The quantitative estimate of drug-likeness (QED) is 0.870. The number of benzene rings is 1. The molecule has 4 heteroatoms. The van der Waals surface area contributed by atoms with E-state index in [1.54, 1.807) is 0 Å². The number of halogens is 1. The Balaban J connectivity index is 2.28. The minimum atomic E-state index is -0.0354. The molecule has 1 heterocycles. The molecule has 1 fully saturated rings. The van der Waals surface area contributed by atoms with Crippen LogP contribution in [0.2, 0.25) is 5.02 Å². The summed E-state index contributed by atoms with van der Waals surface area (Å²) in [5, 5.41) is 0.726. The van der Waals surface area contributed by atoms with E-state index in [0.29, 0.717) is 6.04 Å². The third-order valence-electron chi connectivity index (χ3n) is 3.00. The zero-order chi connectivity index (χ0) is 11.3. The summed E-state index contributed by atoms with van der Waals surface area (Å²) in [6, 6.07) is 6.41. The summed E-state index contributed by atoms with van der Waals surface area (Å²) < 4.78 is 2.27. The van der Waals surface area contributed by atoms with Crippen LogP contribution in [0.3, 0.4) is 0 Å². The summed E-state index contributed by atoms with van der Waals surface area (Å²) in [7, 11) is 0. The van der Waals surface area contributed by atoms with E-state index < -0.39 is 0 Å². The maximum absolute atomic E-state index is 5.97. The van der Waals surface area contributed by atoms with E-state index in [1.807, 2.05) is 25.1 Å². The molecule has 1 aromatic heterocycles. The van der Waals surface area contributed by atoms with Crippen molar-refractivity contribution >= 4 is 22.6 Å². The van der Waals surface area contributed by atoms with E-state index >= 15 is 0 Å². The number of nitrogens with two attached hydrogens (primary N) is 1. The van der Waals surface area contributed by atoms with E-state index in [1.165, 1.54) is 12.8 Å². The van der Waals surface area contributed by atoms with Gasteiger partial charge in [-0.25, -0.2) is 4.98 Å². The van der Waals surface area contributed by atoms with Crippen LogP contribution in [0.5, 0.6) is 0 Å². The van der Waals surface area contributed by atoms with Gasteiger partial charge in [0.15, 0.2) is 0 Å². The zero-order valence-corrected chi connectivity index (χ0v) is 9.91. The Kier molecular flexibility index (Phi) is 2.19. The predicted octanol–water partition coefficient (Wildman–Crippen LogP) is 3.04. The minimum absolute atomic E-state index is 0.0354. The molecule has 3 rings (SSSR count). The molecule has 1 aromatic carbocycles. The molecule has 1 unspecified atom stereocenters. The van der Waals surface area contributed by atoms with Gasteiger partial charge >= 0.3 is 0 Å². The maximum Gasteiger partial charge on any atom is 0.126 e. The van der Waals surface area contributed by atoms with Gasteiger partial charge in [0.1, 0.15) is 5.82 Å². The van der Waals surface area contributed by atoms with Crippen LogP contribution >= 0.6 is 11.6 Å². The molecule has 0 bridgehead atoms. The van der Waals surface area contributed by atoms with Crippen molar-refractivity contribution in [3.63, 3.8) is 0 Å². The average molecular weight is 236 g/mol. The molecule has 0 spiro atoms. The monoisotopic (exact) mass is 235 g/mol. The minimum Gasteiger partial charge on any atom is -0.324 e. The highest BCUT2D eigenvalue weighted by molar-refractivity contribution is 6.31. The lowest BCUT2D eigenvalue weighted by atomic mass is 10.3. The van der Waals surface area contributed by atoms with Crippen molar-refractivity contribution in [1.82, 2.24) is 9.55 Å². The Morgan fingerprint density at radius 1 is 1.50 bits per heavy atom. The number of nitrogens with zero attached hydrogens (tertiary/aromatic N) is 2. The molecule has 0 radical (unpaired) electrons. The first-order valence-corrected chi connectivity index (χ1v) is 5.97. The lowest BCUT2D eigenvalue weighted by molar-refractivity contribution is 0.639. The normalized spacial score (nSPS) is 17.9. The van der Waals surface area contributed by atoms with Gasteiger partial charge in [-0.15, -0.1) is 0 Å². The Morgan fingerprint density at radius 3 is 2.88 bits per heavy atom. The fourth-order valence-electron chi connectivity index (χ4n) is 2.13. The van der Waals surface area contributed by atoms with Gasteiger partial charge in [0.05, 0.1) is 17.1 Å². The first-order valence-electron chi connectivity index (χ1n) is 5.60. The van der Waals surface area contributed by atoms with Crippen LogP contribution in [0.1, 0.15) is 37.7 Å². The van der Waals surface area contributed by atoms with E-state index in [4.69, 9.17) is 17.3 Å². The first-order chi connectivity index (χ1) is 7.66. The molecule has 3 nitrogen and oxygen atoms in total. The molecule has 0 saturated heterocycles. The van der Waals surface area contributed by atoms with E-state index in [-0.39, 0.29) is 6.04 Å². The largest absolute Gasteiger partial charge is 0.324 e. The van der Waals surface area contributed by atoms with Crippen molar-refractivity contribution in [3.8, 4) is 0 Å². The van der Waals surface area contributed by atoms with Gasteiger partial charge in [-0.05, 0) is 38.0 Å². The molecule has 0 amide bonds. The highest BCUT2D eigenvalue weighted by Gasteiger charge is 2.29. The van der Waals surface area contributed by atoms with Gasteiger partial charge in [0.25, 0.3) is 0 Å². The number of fused-ring (bicyclic) bond motifs is 1. The summed E-state index contributed by atoms with van der Waals surface area (Å²) in [6.45, 7) is 1.97. The predicted molar refractivity (Wildman–Crippen MR) is 65.6 cm³/mol. The van der Waals surface area contributed by atoms with Gasteiger partial charge in [-0.2, -0.15) is 0 Å². The zero-order valence-electron chi connectivity index (χ0n) is 9.15. The standard InChI is InChI=1S/C12H14ClN3/c1-7(14)12-15-10-6-8(13)2-5-11(10)16(12)9-3-4-9/h2,5-7,9H,3-4,14H2,1H3. The fraction of sp³-hybridized carbons (Fsp3) is 0.417. The topological polar surface area (TPSA) is 43.8 Å². The van der Waals surface area contributed by atoms with Crippen molar-refractivity contribution in [2.45, 2.75) is 31.8 Å². The van der Waals surface area contributed by atoms with Crippen molar-refractivity contribution in [2.75, 3.05) is 0 Å². The van der Waals surface area contributed by atoms with Gasteiger partial charge in [0.2, 0.25) is 0 Å². The summed E-state index contributed by atoms with van der Waals surface area (Å²) >= 11 is 5.97. The van der Waals surface area contributed by atoms with Crippen LogP contribution in [0.4, 0.5) is 0 Å². The molecule has 1 aliphatic carbocycles. The Labute approximate surface area is 99.2 Å². The summed E-state index contributed by atoms with van der Waals surface area (Å²) in [5.74, 6) is 0.972. The van der Waals surface area contributed by atoms with Gasteiger partial charge < -0.3 is 10.3 Å². The van der Waals surface area contributed by atoms with Crippen LogP contribution in [0.25, 0.3) is 11.0 Å². The molecular weight excluding hydrogens is 222 g/mol. The number of imidazole rings is 1. The molecule has 2 N–H and O–H groups in total. The summed E-state index contributed by atoms with van der Waals surface area (Å²) in [6.07, 6.45) is 2.46. The molecule has 1 atom stereocenters. The number of rotatable bonds is 2. The fourth-order valence-corrected chi connectivity index (χ4v) is 2.29. The van der Waals surface area contributed by atoms with Crippen LogP contribution in [-0.4, -0.2) is 9.55 Å². The van der Waals surface area contributed by atoms with Crippen LogP contribution in [0, 0.1) is 0 Å². The molecular formula is C12H14ClN3. The second kappa shape index (κ2) is 3.47. The lowest BCUT2D eigenvalue weighted by Gasteiger charge is -2.09. The lowest BCUT2D eigenvalue weighted by Crippen LogP contribution is -2.12. The van der Waals surface area contributed by atoms with E-state index in [0.717, 1.165) is 21.9 Å². The second-order valence-electron chi connectivity index (χ2n) is 4.49. The third kappa shape index (κ3) is 1.51. The molecule has 1 aliphatic rings. The molecule has 1 saturated carbocycles. The third-order valence-corrected chi connectivity index (χ3v) is 3.23. The van der Waals surface area contributed by atoms with Crippen molar-refractivity contribution in [1.29, 1.82) is 0 Å². The van der Waals surface area contributed by atoms with Crippen LogP contribution < -0.4 is 5.73 Å². The van der Waals surface area contributed by atoms with Crippen LogP contribution in [-0.2, 0) is 0 Å². The van der Waals surface area contributed by atoms with Crippen LogP contribution in [0.15, 0.2) is 18.2 Å². The SMILES string of the molecule is CC(N)c1nc2cc(Cl)ccc2n1C1CC1. The molecule has 0 aliphatic heterocycles. The van der Waals surface area contributed by atoms with Crippen molar-refractivity contribution in [2.24, 2.45) is 5.73 Å². The number of hydrogen-bond donors (Lipinski definition) is 1. The number of aromatic nitrogens is 2. The molecule has 2 aromatic rings. The Hall–Kier alpha value is -1.06. The maximum atomic E-state index is 5.97. The van der Waals surface area contributed by atoms with E-state index in [9.17, 15) is 0 Å². The summed E-state index contributed by atoms with van der Waals surface area (Å²) in [4.78, 5) is 4.59. The smallest absolute Gasteiger partial charge is 0.126 e. The Bertz CT molecular complexity index is 540. The Morgan fingerprint density at radius 2 is 2.25 bits per heavy atom. The van der Waals surface area contributed by atoms with E-state index in [2.05, 4.69) is 9.55 Å². The summed E-state index contributed by atoms with van der Waals surface area (Å²) in [5.41, 5.74) is 8.07. The van der Waals surface area contributed by atoms with Crippen molar-refractivity contribution in [3.05, 3.63) is 29.0 Å². The van der Waals surface area contributed by atoms with Crippen molar-refractivity contribution < 1.29 is 0 Å². The van der Waals surface area contributed by atoms with Gasteiger partial charge in [0, 0.05) is 11.1 Å². The number of hydrogen-bond acceptors (Lipinski definition) is 2. The van der Waals surface area contributed by atoms with Gasteiger partial charge in [-0.3, -0.25) is 0 Å².